The smallest absolute Gasteiger partial charge is 0.247 e. The average molecular weight is 603 g/mol. The van der Waals surface area contributed by atoms with Crippen molar-refractivity contribution in [2.75, 3.05) is 46.3 Å². The number of hydrazone groups is 1. The van der Waals surface area contributed by atoms with Gasteiger partial charge in [0.05, 0.1) is 36.8 Å². The maximum Gasteiger partial charge on any atom is 0.247 e. The van der Waals surface area contributed by atoms with Crippen LogP contribution >= 0.6 is 0 Å². The molecule has 3 aliphatic rings. The van der Waals surface area contributed by atoms with Gasteiger partial charge in [-0.05, 0) is 56.0 Å². The molecular weight excluding hydrogens is 564 g/mol. The minimum Gasteiger partial charge on any atom is -0.493 e. The van der Waals surface area contributed by atoms with Gasteiger partial charge in [-0.1, -0.05) is 36.4 Å². The van der Waals surface area contributed by atoms with Gasteiger partial charge in [-0.15, -0.1) is 0 Å². The van der Waals surface area contributed by atoms with E-state index in [-0.39, 0.29) is 23.8 Å². The summed E-state index contributed by atoms with van der Waals surface area (Å²) < 4.78 is 40.4. The van der Waals surface area contributed by atoms with E-state index in [0.717, 1.165) is 28.8 Å². The molecule has 3 aromatic carbocycles. The van der Waals surface area contributed by atoms with Gasteiger partial charge < -0.3 is 14.4 Å². The molecule has 0 N–H and O–H groups in total. The summed E-state index contributed by atoms with van der Waals surface area (Å²) in [6.45, 7) is 0.630. The molecule has 0 spiro atoms. The van der Waals surface area contributed by atoms with E-state index in [9.17, 15) is 13.2 Å². The van der Waals surface area contributed by atoms with Gasteiger partial charge in [-0.2, -0.15) is 9.41 Å². The number of carbonyl (C=O) groups is 1. The van der Waals surface area contributed by atoms with Gasteiger partial charge in [0.1, 0.15) is 0 Å². The molecule has 0 bridgehead atoms. The van der Waals surface area contributed by atoms with Crippen molar-refractivity contribution < 1.29 is 22.7 Å². The Bertz CT molecular complexity index is 1710. The Kier molecular flexibility index (Phi) is 7.91. The Morgan fingerprint density at radius 2 is 1.53 bits per heavy atom. The Hall–Kier alpha value is -3.89. The molecule has 3 aromatic rings. The largest absolute Gasteiger partial charge is 0.493 e. The molecule has 10 heteroatoms. The van der Waals surface area contributed by atoms with Gasteiger partial charge in [0.15, 0.2) is 11.5 Å². The fraction of sp³-hybridized carbons (Fsp3) is 0.394. The summed E-state index contributed by atoms with van der Waals surface area (Å²) in [6, 6.07) is 16.8. The predicted molar refractivity (Wildman–Crippen MR) is 168 cm³/mol. The van der Waals surface area contributed by atoms with Crippen LogP contribution in [0, 0.1) is 11.8 Å². The number of sulfonamides is 1. The fourth-order valence-corrected chi connectivity index (χ4v) is 8.35. The molecule has 2 heterocycles. The minimum atomic E-state index is -3.75. The van der Waals surface area contributed by atoms with Crippen LogP contribution in [0.2, 0.25) is 0 Å². The second-order valence-electron chi connectivity index (χ2n) is 11.6. The monoisotopic (exact) mass is 602 g/mol. The topological polar surface area (TPSA) is 91.8 Å². The fourth-order valence-electron chi connectivity index (χ4n) is 6.67. The van der Waals surface area contributed by atoms with E-state index in [1.165, 1.54) is 0 Å². The highest BCUT2D eigenvalue weighted by molar-refractivity contribution is 7.89. The first-order valence-corrected chi connectivity index (χ1v) is 16.2. The lowest BCUT2D eigenvalue weighted by molar-refractivity contribution is -0.141. The summed E-state index contributed by atoms with van der Waals surface area (Å²) in [7, 11) is 3.37. The number of ether oxygens (including phenoxy) is 2. The first-order valence-electron chi connectivity index (χ1n) is 14.7. The lowest BCUT2D eigenvalue weighted by atomic mass is 9.76. The zero-order valence-corrected chi connectivity index (χ0v) is 25.9. The van der Waals surface area contributed by atoms with Gasteiger partial charge in [0, 0.05) is 55.1 Å². The van der Waals surface area contributed by atoms with Crippen molar-refractivity contribution in [1.82, 2.24) is 9.31 Å². The van der Waals surface area contributed by atoms with Crippen LogP contribution in [0.5, 0.6) is 11.5 Å². The molecule has 0 radical (unpaired) electrons. The summed E-state index contributed by atoms with van der Waals surface area (Å²) in [5.74, 6) is 1.04. The molecule has 43 heavy (non-hydrogen) atoms. The van der Waals surface area contributed by atoms with Crippen LogP contribution in [0.1, 0.15) is 31.2 Å². The number of methoxy groups -OCH3 is 2. The second kappa shape index (κ2) is 11.7. The number of benzene rings is 3. The van der Waals surface area contributed by atoms with Crippen molar-refractivity contribution in [2.45, 2.75) is 36.6 Å². The molecule has 2 aliphatic heterocycles. The summed E-state index contributed by atoms with van der Waals surface area (Å²) in [5.41, 5.74) is 2.72. The SMILES string of the molecule is COc1ccc(C2=NN(C3CCN(S(=O)(=O)c4cccc5c(N(C)C)cccc45)CC3)C(=O)C3CC=CCC23)cc1OC. The Labute approximate surface area is 253 Å². The molecule has 2 unspecified atom stereocenters. The van der Waals surface area contributed by atoms with Crippen molar-refractivity contribution in [3.63, 3.8) is 0 Å². The first kappa shape index (κ1) is 29.2. The van der Waals surface area contributed by atoms with Crippen LogP contribution in [0.25, 0.3) is 10.8 Å². The number of piperidine rings is 1. The molecule has 6 rings (SSSR count). The number of rotatable bonds is 7. The normalized spacial score (nSPS) is 21.4. The van der Waals surface area contributed by atoms with Crippen molar-refractivity contribution >= 4 is 38.1 Å². The van der Waals surface area contributed by atoms with E-state index < -0.39 is 10.0 Å². The number of hydrogen-bond donors (Lipinski definition) is 0. The van der Waals surface area contributed by atoms with E-state index in [1.54, 1.807) is 35.7 Å². The number of nitrogens with zero attached hydrogens (tertiary/aromatic N) is 4. The molecule has 226 valence electrons. The molecule has 1 saturated heterocycles. The van der Waals surface area contributed by atoms with Crippen LogP contribution < -0.4 is 14.4 Å². The van der Waals surface area contributed by atoms with Gasteiger partial charge in [0.2, 0.25) is 15.9 Å². The maximum absolute atomic E-state index is 13.9. The Morgan fingerprint density at radius 1 is 0.860 bits per heavy atom. The zero-order chi connectivity index (χ0) is 30.3. The number of anilines is 1. The summed E-state index contributed by atoms with van der Waals surface area (Å²) in [5, 5.41) is 8.24. The second-order valence-corrected chi connectivity index (χ2v) is 13.5. The summed E-state index contributed by atoms with van der Waals surface area (Å²) >= 11 is 0. The molecule has 1 aliphatic carbocycles. The molecule has 0 saturated carbocycles. The molecule has 0 aromatic heterocycles. The minimum absolute atomic E-state index is 0.0187. The number of hydrogen-bond acceptors (Lipinski definition) is 7. The highest BCUT2D eigenvalue weighted by Crippen LogP contribution is 2.39. The molecular formula is C33H38N4O5S. The van der Waals surface area contributed by atoms with Crippen LogP contribution in [0.3, 0.4) is 0 Å². The van der Waals surface area contributed by atoms with Crippen molar-refractivity contribution in [3.05, 3.63) is 72.3 Å². The van der Waals surface area contributed by atoms with E-state index >= 15 is 0 Å². The quantitative estimate of drug-likeness (QED) is 0.357. The highest BCUT2D eigenvalue weighted by atomic mass is 32.2. The third kappa shape index (κ3) is 5.16. The molecule has 1 amide bonds. The van der Waals surface area contributed by atoms with Crippen molar-refractivity contribution in [1.29, 1.82) is 0 Å². The highest BCUT2D eigenvalue weighted by Gasteiger charge is 2.43. The number of carbonyl (C=O) groups excluding carboxylic acids is 1. The lowest BCUT2D eigenvalue weighted by Gasteiger charge is -2.42. The van der Waals surface area contributed by atoms with Crippen molar-refractivity contribution in [3.8, 4) is 11.5 Å². The predicted octanol–water partition coefficient (Wildman–Crippen LogP) is 4.91. The molecule has 2 atom stereocenters. The van der Waals surface area contributed by atoms with Crippen LogP contribution in [-0.2, 0) is 14.8 Å². The van der Waals surface area contributed by atoms with Crippen LogP contribution in [-0.4, -0.2) is 76.8 Å². The van der Waals surface area contributed by atoms with Gasteiger partial charge in [-0.3, -0.25) is 4.79 Å². The van der Waals surface area contributed by atoms with Crippen LogP contribution in [0.4, 0.5) is 5.69 Å². The third-order valence-corrected chi connectivity index (χ3v) is 10.9. The maximum atomic E-state index is 13.9. The van der Waals surface area contributed by atoms with Crippen LogP contribution in [0.15, 0.2) is 76.7 Å². The van der Waals surface area contributed by atoms with Gasteiger partial charge in [-0.25, -0.2) is 13.4 Å². The Morgan fingerprint density at radius 3 is 2.23 bits per heavy atom. The number of fused-ring (bicyclic) bond motifs is 2. The average Bonchev–Trinajstić information content (AvgIpc) is 3.04. The molecule has 1 fully saturated rings. The first-order chi connectivity index (χ1) is 20.7. The Balaban J connectivity index is 1.28. The third-order valence-electron chi connectivity index (χ3n) is 8.95. The molecule has 9 nitrogen and oxygen atoms in total. The number of allylic oxidation sites excluding steroid dienone is 2. The van der Waals surface area contributed by atoms with E-state index in [4.69, 9.17) is 14.6 Å². The summed E-state index contributed by atoms with van der Waals surface area (Å²) in [6.07, 6.45) is 6.63. The van der Waals surface area contributed by atoms with Gasteiger partial charge in [0.25, 0.3) is 0 Å². The van der Waals surface area contributed by atoms with E-state index in [2.05, 4.69) is 12.2 Å². The van der Waals surface area contributed by atoms with E-state index in [1.807, 2.05) is 61.5 Å². The van der Waals surface area contributed by atoms with E-state index in [0.29, 0.717) is 54.1 Å². The zero-order valence-electron chi connectivity index (χ0n) is 25.1. The van der Waals surface area contributed by atoms with Gasteiger partial charge >= 0.3 is 0 Å². The lowest BCUT2D eigenvalue weighted by Crippen LogP contribution is -2.52. The van der Waals surface area contributed by atoms with Crippen molar-refractivity contribution in [2.24, 2.45) is 16.9 Å². The number of amides is 1. The summed E-state index contributed by atoms with van der Waals surface area (Å²) in [4.78, 5) is 16.1. The standard InChI is InChI=1S/C33H38N4O5S/c1-35(2)28-13-7-12-25-24(28)11-8-14-31(25)43(39,40)36-19-17-23(18-20-36)37-33(38)27-10-6-5-9-26(27)32(34-37)22-15-16-29(41-3)30(21-22)42-4/h5-8,11-16,21,23,26-27H,9-10,17-20H2,1-4H3.